The van der Waals surface area contributed by atoms with Gasteiger partial charge in [0.1, 0.15) is 0 Å². The zero-order valence-corrected chi connectivity index (χ0v) is 26.2. The molecule has 7 heavy (non-hydrogen) atoms. The molecule has 0 fully saturated rings. The van der Waals surface area contributed by atoms with Crippen molar-refractivity contribution in [2.24, 2.45) is 0 Å². The van der Waals surface area contributed by atoms with Crippen LogP contribution in [0.25, 0.3) is 0 Å². The fourth-order valence-electron chi connectivity index (χ4n) is 0. The molecule has 0 aliphatic heterocycles. The smallest absolute Gasteiger partial charge is 0.870 e. The third kappa shape index (κ3) is 32.2. The molecule has 3 radical (unpaired) electrons. The summed E-state index contributed by atoms with van der Waals surface area (Å²) in [5.41, 5.74) is 0. The molecule has 0 heterocycles. The predicted molar refractivity (Wildman–Crippen MR) is 11.6 cm³/mol. The molecule has 0 amide bonds. The SMILES string of the molecule is [Cs+].[Cs+].[Cs+].[OH-].[OH-].[OH-].[Sb]. The van der Waals surface area contributed by atoms with Gasteiger partial charge in [-0.3, -0.25) is 0 Å². The molecule has 0 aromatic carbocycles. The van der Waals surface area contributed by atoms with E-state index in [4.69, 9.17) is 0 Å². The summed E-state index contributed by atoms with van der Waals surface area (Å²) in [4.78, 5) is 0. The summed E-state index contributed by atoms with van der Waals surface area (Å²) in [5.74, 6) is 0. The van der Waals surface area contributed by atoms with Gasteiger partial charge in [0.25, 0.3) is 0 Å². The fraction of sp³-hybridized carbons (Fsp3) is 0. The molecule has 7 heteroatoms. The molecule has 0 aromatic rings. The van der Waals surface area contributed by atoms with Crippen LogP contribution in [0.2, 0.25) is 0 Å². The van der Waals surface area contributed by atoms with Gasteiger partial charge >= 0.3 is 207 Å². The molecule has 0 atom stereocenters. The first-order valence-corrected chi connectivity index (χ1v) is 0. The number of hydrogen-bond acceptors (Lipinski definition) is 3. The van der Waals surface area contributed by atoms with E-state index in [1.807, 2.05) is 0 Å². The van der Waals surface area contributed by atoms with Crippen LogP contribution >= 0.6 is 0 Å². The second-order valence-electron chi connectivity index (χ2n) is 0. The van der Waals surface area contributed by atoms with Crippen LogP contribution in [0.4, 0.5) is 0 Å². The second kappa shape index (κ2) is 38.4. The molecular formula is H3Cs3O3Sb. The van der Waals surface area contributed by atoms with Gasteiger partial charge in [-0.1, -0.05) is 0 Å². The van der Waals surface area contributed by atoms with Crippen molar-refractivity contribution >= 4 is 24.4 Å². The fourth-order valence-corrected chi connectivity index (χ4v) is 0. The van der Waals surface area contributed by atoms with Crippen LogP contribution < -0.4 is 207 Å². The second-order valence-corrected chi connectivity index (χ2v) is 0. The van der Waals surface area contributed by atoms with E-state index in [1.54, 1.807) is 0 Å². The van der Waals surface area contributed by atoms with Gasteiger partial charge in [0.15, 0.2) is 0 Å². The van der Waals surface area contributed by atoms with Gasteiger partial charge in [0, 0.05) is 24.4 Å². The van der Waals surface area contributed by atoms with E-state index in [0.717, 1.165) is 0 Å². The molecule has 29 valence electrons. The molecule has 0 saturated carbocycles. The van der Waals surface area contributed by atoms with Gasteiger partial charge in [0.05, 0.1) is 0 Å². The first-order valence-electron chi connectivity index (χ1n) is 0. The van der Waals surface area contributed by atoms with Crippen molar-refractivity contribution in [3.8, 4) is 0 Å². The average Bonchev–Trinajstić information content (AvgIpc) is 0. The third-order valence-electron chi connectivity index (χ3n) is 0. The number of rotatable bonds is 0. The molecular weight excluding hydrogens is 568 g/mol. The van der Waals surface area contributed by atoms with Gasteiger partial charge < -0.3 is 16.4 Å². The summed E-state index contributed by atoms with van der Waals surface area (Å²) in [6.45, 7) is 0. The minimum atomic E-state index is 0. The summed E-state index contributed by atoms with van der Waals surface area (Å²) < 4.78 is 0. The summed E-state index contributed by atoms with van der Waals surface area (Å²) >= 11 is 0. The molecule has 0 saturated heterocycles. The van der Waals surface area contributed by atoms with E-state index in [2.05, 4.69) is 0 Å². The Morgan fingerprint density at radius 2 is 0.429 bits per heavy atom. The maximum absolute atomic E-state index is 0. The van der Waals surface area contributed by atoms with Crippen LogP contribution in [0.5, 0.6) is 0 Å². The molecule has 0 spiro atoms. The van der Waals surface area contributed by atoms with E-state index in [0.29, 0.717) is 0 Å². The molecule has 0 bridgehead atoms. The van der Waals surface area contributed by atoms with Crippen LogP contribution in [-0.2, 0) is 0 Å². The molecule has 3 nitrogen and oxygen atoms in total. The molecule has 0 aromatic heterocycles. The summed E-state index contributed by atoms with van der Waals surface area (Å²) in [7, 11) is 0. The quantitative estimate of drug-likeness (QED) is 0.271. The Bertz CT molecular complexity index is 10.1. The van der Waals surface area contributed by atoms with E-state index >= 15 is 0 Å². The van der Waals surface area contributed by atoms with Crippen LogP contribution in [0.15, 0.2) is 0 Å². The van der Waals surface area contributed by atoms with E-state index in [1.165, 1.54) is 0 Å². The standard InChI is InChI=1S/3Cs.3H2O.Sb/h;;;3*1H2;/q3*+1;;;;/p-3. The van der Waals surface area contributed by atoms with Crippen molar-refractivity contribution in [1.82, 2.24) is 0 Å². The molecule has 0 unspecified atom stereocenters. The van der Waals surface area contributed by atoms with Gasteiger partial charge in [-0.2, -0.15) is 0 Å². The average molecular weight is 571 g/mol. The Hall–Kier alpha value is 6.85. The molecule has 0 rings (SSSR count). The van der Waals surface area contributed by atoms with Crippen LogP contribution in [-0.4, -0.2) is 40.9 Å². The van der Waals surface area contributed by atoms with Crippen LogP contribution in [0, 0.1) is 0 Å². The van der Waals surface area contributed by atoms with E-state index in [9.17, 15) is 0 Å². The zero-order chi connectivity index (χ0) is 0. The maximum Gasteiger partial charge on any atom is 1.00 e. The predicted octanol–water partition coefficient (Wildman–Crippen LogP) is -9.90. The van der Waals surface area contributed by atoms with Crippen molar-refractivity contribution in [2.45, 2.75) is 0 Å². The number of hydrogen-bond donors (Lipinski definition) is 0. The Morgan fingerprint density at radius 3 is 0.429 bits per heavy atom. The van der Waals surface area contributed by atoms with Crippen molar-refractivity contribution in [2.75, 3.05) is 0 Å². The summed E-state index contributed by atoms with van der Waals surface area (Å²) in [6, 6.07) is 0. The largest absolute Gasteiger partial charge is 1.00 e. The topological polar surface area (TPSA) is 90.0 Å². The Kier molecular flexibility index (Phi) is 268. The Balaban J connectivity index is 0. The van der Waals surface area contributed by atoms with Crippen LogP contribution in [0.1, 0.15) is 0 Å². The summed E-state index contributed by atoms with van der Waals surface area (Å²) in [6.07, 6.45) is 0. The van der Waals surface area contributed by atoms with Crippen LogP contribution in [0.3, 0.4) is 0 Å². The van der Waals surface area contributed by atoms with Gasteiger partial charge in [0.2, 0.25) is 0 Å². The molecule has 0 aliphatic carbocycles. The molecule has 3 N–H and O–H groups in total. The minimum Gasteiger partial charge on any atom is -0.870 e. The first-order chi connectivity index (χ1) is 0. The minimum absolute atomic E-state index is 0. The normalized spacial score (nSPS) is 0. The van der Waals surface area contributed by atoms with Crippen molar-refractivity contribution in [3.05, 3.63) is 0 Å². The van der Waals surface area contributed by atoms with E-state index in [-0.39, 0.29) is 248 Å². The van der Waals surface area contributed by atoms with E-state index < -0.39 is 0 Å². The monoisotopic (exact) mass is 571 g/mol. The third-order valence-corrected chi connectivity index (χ3v) is 0. The first kappa shape index (κ1) is 48.7. The molecule has 0 aliphatic rings. The van der Waals surface area contributed by atoms with Gasteiger partial charge in [-0.25, -0.2) is 0 Å². The maximum atomic E-state index is 0. The summed E-state index contributed by atoms with van der Waals surface area (Å²) in [5, 5.41) is 0. The Labute approximate surface area is 237 Å². The van der Waals surface area contributed by atoms with Crippen molar-refractivity contribution in [1.29, 1.82) is 0 Å². The van der Waals surface area contributed by atoms with Gasteiger partial charge in [-0.15, -0.1) is 0 Å². The van der Waals surface area contributed by atoms with Gasteiger partial charge in [-0.05, 0) is 0 Å². The Morgan fingerprint density at radius 1 is 0.429 bits per heavy atom. The van der Waals surface area contributed by atoms with Crippen molar-refractivity contribution in [3.63, 3.8) is 0 Å². The zero-order valence-electron chi connectivity index (χ0n) is 4.79. The van der Waals surface area contributed by atoms with Crippen molar-refractivity contribution < 1.29 is 223 Å².